The fourth-order valence-electron chi connectivity index (χ4n) is 3.31. The molecule has 0 spiro atoms. The molecule has 2 heterocycles. The van der Waals surface area contributed by atoms with Crippen LogP contribution in [-0.4, -0.2) is 64.6 Å². The molecule has 0 aliphatic heterocycles. The normalized spacial score (nSPS) is 9.80. The number of carbonyl (C=O) groups is 4. The zero-order chi connectivity index (χ0) is 32.6. The van der Waals surface area contributed by atoms with Gasteiger partial charge in [0.05, 0.1) is 26.9 Å². The summed E-state index contributed by atoms with van der Waals surface area (Å²) < 4.78 is 0. The summed E-state index contributed by atoms with van der Waals surface area (Å²) in [5, 5.41) is 23.5. The monoisotopic (exact) mass is 656 g/mol. The number of hydrogen-bond donors (Lipinski definition) is 4. The second-order valence-corrected chi connectivity index (χ2v) is 9.84. The van der Waals surface area contributed by atoms with Crippen LogP contribution in [-0.2, 0) is 0 Å². The number of carbonyl (C=O) groups excluding carboxylic acids is 4. The second-order valence-electron chi connectivity index (χ2n) is 8.67. The standard InChI is InChI=1S/C15H13ClN2O2.C8H8Cl2N2O.C7H7BO3/c1-2-17-15(20)12-7-13(16)14(18-8-12)11-5-3-10(9-19)4-6-11;1-2-11-8(13)5-3-6(9)7(10)12-4-5;9-5-6-1-3-7(4-2-6)8(10)11/h3-9H,2H2,1H3,(H,17,20);3-4H,2H2,1H3,(H,11,13);1-5,10-11H. The van der Waals surface area contributed by atoms with Gasteiger partial charge in [-0.15, -0.1) is 0 Å². The lowest BCUT2D eigenvalue weighted by molar-refractivity contribution is 0.0947. The number of amides is 2. The van der Waals surface area contributed by atoms with E-state index in [2.05, 4.69) is 20.6 Å². The maximum absolute atomic E-state index is 11.7. The van der Waals surface area contributed by atoms with Crippen LogP contribution in [0.5, 0.6) is 0 Å². The Labute approximate surface area is 269 Å². The van der Waals surface area contributed by atoms with Crippen LogP contribution >= 0.6 is 34.8 Å². The lowest BCUT2D eigenvalue weighted by Crippen LogP contribution is -2.29. The van der Waals surface area contributed by atoms with Crippen LogP contribution in [0, 0.1) is 0 Å². The van der Waals surface area contributed by atoms with Gasteiger partial charge in [0.1, 0.15) is 17.7 Å². The van der Waals surface area contributed by atoms with Crippen molar-refractivity contribution >= 4 is 71.8 Å². The number of hydrogen-bond acceptors (Lipinski definition) is 8. The van der Waals surface area contributed by atoms with Crippen molar-refractivity contribution < 1.29 is 29.2 Å². The Hall–Kier alpha value is -4.13. The Morgan fingerprint density at radius 3 is 1.61 bits per heavy atom. The number of halogens is 3. The van der Waals surface area contributed by atoms with Crippen molar-refractivity contribution in [1.29, 1.82) is 0 Å². The van der Waals surface area contributed by atoms with Crippen LogP contribution in [0.3, 0.4) is 0 Å². The Morgan fingerprint density at radius 1 is 0.750 bits per heavy atom. The van der Waals surface area contributed by atoms with Crippen LogP contribution in [0.15, 0.2) is 73.1 Å². The quantitative estimate of drug-likeness (QED) is 0.124. The number of aldehydes is 2. The molecule has 0 fully saturated rings. The first-order valence-corrected chi connectivity index (χ1v) is 14.2. The maximum Gasteiger partial charge on any atom is 0.488 e. The van der Waals surface area contributed by atoms with E-state index >= 15 is 0 Å². The van der Waals surface area contributed by atoms with Gasteiger partial charge in [-0.25, -0.2) is 4.98 Å². The van der Waals surface area contributed by atoms with Crippen molar-refractivity contribution in [3.05, 3.63) is 111 Å². The predicted molar refractivity (Wildman–Crippen MR) is 172 cm³/mol. The number of pyridine rings is 2. The highest BCUT2D eigenvalue weighted by Gasteiger charge is 2.11. The van der Waals surface area contributed by atoms with Gasteiger partial charge in [-0.2, -0.15) is 0 Å². The molecule has 228 valence electrons. The van der Waals surface area contributed by atoms with E-state index in [9.17, 15) is 19.2 Å². The van der Waals surface area contributed by atoms with Crippen LogP contribution in [0.2, 0.25) is 15.2 Å². The van der Waals surface area contributed by atoms with Gasteiger partial charge < -0.3 is 20.7 Å². The molecule has 0 aliphatic carbocycles. The van der Waals surface area contributed by atoms with Gasteiger partial charge in [0.25, 0.3) is 11.8 Å². The fourth-order valence-corrected chi connectivity index (χ4v) is 3.86. The van der Waals surface area contributed by atoms with E-state index in [1.54, 1.807) is 30.3 Å². The van der Waals surface area contributed by atoms with Gasteiger partial charge in [0.2, 0.25) is 0 Å². The maximum atomic E-state index is 11.7. The van der Waals surface area contributed by atoms with Crippen molar-refractivity contribution in [2.45, 2.75) is 13.8 Å². The number of benzene rings is 2. The molecule has 0 atom stereocenters. The minimum atomic E-state index is -1.46. The molecule has 0 radical (unpaired) electrons. The molecule has 2 amide bonds. The summed E-state index contributed by atoms with van der Waals surface area (Å²) in [4.78, 5) is 51.7. The third-order valence-electron chi connectivity index (χ3n) is 5.53. The molecular weight excluding hydrogens is 630 g/mol. The van der Waals surface area contributed by atoms with E-state index in [0.717, 1.165) is 11.8 Å². The molecule has 2 aromatic heterocycles. The molecule has 0 saturated carbocycles. The summed E-state index contributed by atoms with van der Waals surface area (Å²) in [5.74, 6) is -0.404. The average molecular weight is 658 g/mol. The summed E-state index contributed by atoms with van der Waals surface area (Å²) >= 11 is 17.4. The molecule has 10 nitrogen and oxygen atoms in total. The van der Waals surface area contributed by atoms with E-state index in [-0.39, 0.29) is 22.0 Å². The minimum Gasteiger partial charge on any atom is -0.423 e. The topological polar surface area (TPSA) is 159 Å². The molecule has 0 bridgehead atoms. The van der Waals surface area contributed by atoms with Crippen LogP contribution in [0.25, 0.3) is 11.3 Å². The third-order valence-corrected chi connectivity index (χ3v) is 6.50. The van der Waals surface area contributed by atoms with Crippen LogP contribution < -0.4 is 16.1 Å². The first kappa shape index (κ1) is 36.1. The van der Waals surface area contributed by atoms with E-state index in [1.165, 1.54) is 42.7 Å². The van der Waals surface area contributed by atoms with E-state index in [0.29, 0.717) is 57.8 Å². The SMILES string of the molecule is CCNC(=O)c1cnc(-c2ccc(C=O)cc2)c(Cl)c1.CCNC(=O)c1cnc(Cl)c(Cl)c1.O=Cc1ccc(B(O)O)cc1. The summed E-state index contributed by atoms with van der Waals surface area (Å²) in [6.07, 6.45) is 4.35. The largest absolute Gasteiger partial charge is 0.488 e. The smallest absolute Gasteiger partial charge is 0.423 e. The summed E-state index contributed by atoms with van der Waals surface area (Å²) in [6.45, 7) is 4.79. The summed E-state index contributed by atoms with van der Waals surface area (Å²) in [7, 11) is -1.46. The van der Waals surface area contributed by atoms with Gasteiger partial charge in [-0.05, 0) is 31.4 Å². The molecule has 14 heteroatoms. The minimum absolute atomic E-state index is 0.200. The molecule has 0 aliphatic rings. The van der Waals surface area contributed by atoms with Gasteiger partial charge in [0.15, 0.2) is 0 Å². The van der Waals surface area contributed by atoms with Crippen molar-refractivity contribution in [1.82, 2.24) is 20.6 Å². The number of rotatable bonds is 8. The fraction of sp³-hybridized carbons (Fsp3) is 0.133. The van der Waals surface area contributed by atoms with Crippen molar-refractivity contribution in [2.75, 3.05) is 13.1 Å². The van der Waals surface area contributed by atoms with Crippen molar-refractivity contribution in [3.8, 4) is 11.3 Å². The average Bonchev–Trinajstić information content (AvgIpc) is 3.03. The van der Waals surface area contributed by atoms with Crippen molar-refractivity contribution in [3.63, 3.8) is 0 Å². The first-order chi connectivity index (χ1) is 21.0. The first-order valence-electron chi connectivity index (χ1n) is 13.0. The molecule has 2 aromatic carbocycles. The molecule has 4 N–H and O–H groups in total. The summed E-state index contributed by atoms with van der Waals surface area (Å²) in [6, 6.07) is 16.0. The number of nitrogens with zero attached hydrogens (tertiary/aromatic N) is 2. The van der Waals surface area contributed by atoms with E-state index < -0.39 is 7.12 Å². The van der Waals surface area contributed by atoms with E-state index in [1.807, 2.05) is 13.8 Å². The number of aromatic nitrogens is 2. The van der Waals surface area contributed by atoms with Crippen molar-refractivity contribution in [2.24, 2.45) is 0 Å². The Bertz CT molecular complexity index is 1570. The van der Waals surface area contributed by atoms with Gasteiger partial charge >= 0.3 is 7.12 Å². The molecule has 44 heavy (non-hydrogen) atoms. The second kappa shape index (κ2) is 18.5. The molecule has 4 aromatic rings. The Kier molecular flexibility index (Phi) is 15.2. The van der Waals surface area contributed by atoms with Crippen LogP contribution in [0.4, 0.5) is 0 Å². The highest BCUT2D eigenvalue weighted by atomic mass is 35.5. The van der Waals surface area contributed by atoms with Gasteiger partial charge in [-0.1, -0.05) is 83.3 Å². The third kappa shape index (κ3) is 11.2. The Balaban J connectivity index is 0.000000244. The van der Waals surface area contributed by atoms with Crippen LogP contribution in [0.1, 0.15) is 55.3 Å². The molecular formula is C30H28BCl3N4O6. The lowest BCUT2D eigenvalue weighted by Gasteiger charge is -2.07. The van der Waals surface area contributed by atoms with Gasteiger partial charge in [0, 0.05) is 42.2 Å². The summed E-state index contributed by atoms with van der Waals surface area (Å²) in [5.41, 5.74) is 3.70. The zero-order valence-corrected chi connectivity index (χ0v) is 25.9. The van der Waals surface area contributed by atoms with E-state index in [4.69, 9.17) is 44.9 Å². The highest BCUT2D eigenvalue weighted by Crippen LogP contribution is 2.26. The highest BCUT2D eigenvalue weighted by molar-refractivity contribution is 6.58. The number of nitrogens with one attached hydrogen (secondary N) is 2. The molecule has 0 saturated heterocycles. The Morgan fingerprint density at radius 2 is 1.20 bits per heavy atom. The zero-order valence-electron chi connectivity index (χ0n) is 23.6. The lowest BCUT2D eigenvalue weighted by atomic mass is 9.80. The van der Waals surface area contributed by atoms with Gasteiger partial charge in [-0.3, -0.25) is 24.2 Å². The molecule has 0 unspecified atom stereocenters. The molecule has 4 rings (SSSR count). The predicted octanol–water partition coefficient (Wildman–Crippen LogP) is 4.28.